The molecule has 1 aromatic heterocycles. The predicted octanol–water partition coefficient (Wildman–Crippen LogP) is 11.9. The zero-order valence-corrected chi connectivity index (χ0v) is 24.7. The van der Waals surface area contributed by atoms with Crippen LogP contribution in [0.2, 0.25) is 0 Å². The van der Waals surface area contributed by atoms with Crippen molar-refractivity contribution in [1.29, 1.82) is 0 Å². The van der Waals surface area contributed by atoms with Crippen LogP contribution < -0.4 is 0 Å². The van der Waals surface area contributed by atoms with E-state index >= 15 is 0 Å². The molecule has 0 fully saturated rings. The SMILES string of the molecule is CCCCCCCCCCCCCCCC(C)n1ccnc1C(CC)CCCCCCCCCC. The Kier molecular flexibility index (Phi) is 21.7. The summed E-state index contributed by atoms with van der Waals surface area (Å²) in [6.45, 7) is 9.37. The molecule has 0 bridgehead atoms. The Bertz CT molecular complexity index is 549. The molecule has 35 heavy (non-hydrogen) atoms. The molecular formula is C33H64N2. The molecule has 0 aliphatic heterocycles. The molecule has 2 nitrogen and oxygen atoms in total. The lowest BCUT2D eigenvalue weighted by molar-refractivity contribution is 0.425. The quantitative estimate of drug-likeness (QED) is 0.118. The van der Waals surface area contributed by atoms with Gasteiger partial charge < -0.3 is 4.57 Å². The van der Waals surface area contributed by atoms with Crippen molar-refractivity contribution in [2.75, 3.05) is 0 Å². The van der Waals surface area contributed by atoms with Crippen molar-refractivity contribution in [1.82, 2.24) is 9.55 Å². The fraction of sp³-hybridized carbons (Fsp3) is 0.909. The summed E-state index contributed by atoms with van der Waals surface area (Å²) in [6.07, 6.45) is 38.0. The molecule has 2 unspecified atom stereocenters. The average Bonchev–Trinajstić information content (AvgIpc) is 3.36. The number of hydrogen-bond donors (Lipinski definition) is 0. The molecule has 1 aromatic rings. The normalized spacial score (nSPS) is 13.4. The van der Waals surface area contributed by atoms with Crippen molar-refractivity contribution in [3.8, 4) is 0 Å². The Morgan fingerprint density at radius 1 is 0.571 bits per heavy atom. The van der Waals surface area contributed by atoms with Crippen molar-refractivity contribution >= 4 is 0 Å². The van der Waals surface area contributed by atoms with Crippen LogP contribution in [-0.2, 0) is 0 Å². The molecule has 0 aromatic carbocycles. The maximum Gasteiger partial charge on any atom is 0.111 e. The smallest absolute Gasteiger partial charge is 0.111 e. The average molecular weight is 489 g/mol. The zero-order valence-electron chi connectivity index (χ0n) is 24.7. The van der Waals surface area contributed by atoms with Crippen LogP contribution in [0.15, 0.2) is 12.4 Å². The summed E-state index contributed by atoms with van der Waals surface area (Å²) >= 11 is 0. The van der Waals surface area contributed by atoms with Gasteiger partial charge in [0.05, 0.1) is 0 Å². The lowest BCUT2D eigenvalue weighted by atomic mass is 9.96. The van der Waals surface area contributed by atoms with Gasteiger partial charge in [0, 0.05) is 24.4 Å². The molecule has 0 saturated carbocycles. The summed E-state index contributed by atoms with van der Waals surface area (Å²) in [6, 6.07) is 0.591. The van der Waals surface area contributed by atoms with Crippen LogP contribution in [0.3, 0.4) is 0 Å². The molecule has 0 spiro atoms. The first kappa shape index (κ1) is 32.2. The lowest BCUT2D eigenvalue weighted by Gasteiger charge is -2.21. The minimum Gasteiger partial charge on any atom is -0.332 e. The van der Waals surface area contributed by atoms with Gasteiger partial charge in [-0.1, -0.05) is 156 Å². The fourth-order valence-corrected chi connectivity index (χ4v) is 5.65. The van der Waals surface area contributed by atoms with E-state index in [1.54, 1.807) is 0 Å². The zero-order chi connectivity index (χ0) is 25.4. The lowest BCUT2D eigenvalue weighted by Crippen LogP contribution is -2.12. The third kappa shape index (κ3) is 16.6. The first-order valence-corrected chi connectivity index (χ1v) is 16.3. The Morgan fingerprint density at radius 2 is 0.971 bits per heavy atom. The summed E-state index contributed by atoms with van der Waals surface area (Å²) in [5.41, 5.74) is 0. The van der Waals surface area contributed by atoms with Crippen molar-refractivity contribution in [3.05, 3.63) is 18.2 Å². The van der Waals surface area contributed by atoms with Crippen LogP contribution in [-0.4, -0.2) is 9.55 Å². The summed E-state index contributed by atoms with van der Waals surface area (Å²) in [7, 11) is 0. The number of hydrogen-bond acceptors (Lipinski definition) is 1. The fourth-order valence-electron chi connectivity index (χ4n) is 5.65. The summed E-state index contributed by atoms with van der Waals surface area (Å²) in [5, 5.41) is 0. The van der Waals surface area contributed by atoms with Gasteiger partial charge in [0.15, 0.2) is 0 Å². The highest BCUT2D eigenvalue weighted by Crippen LogP contribution is 2.28. The Balaban J connectivity index is 2.13. The van der Waals surface area contributed by atoms with E-state index in [0.29, 0.717) is 12.0 Å². The van der Waals surface area contributed by atoms with E-state index in [2.05, 4.69) is 38.5 Å². The molecule has 2 heteroatoms. The first-order chi connectivity index (χ1) is 17.2. The van der Waals surface area contributed by atoms with E-state index in [-0.39, 0.29) is 0 Å². The number of rotatable bonds is 26. The van der Waals surface area contributed by atoms with Crippen molar-refractivity contribution in [3.63, 3.8) is 0 Å². The van der Waals surface area contributed by atoms with Gasteiger partial charge in [-0.2, -0.15) is 0 Å². The van der Waals surface area contributed by atoms with Gasteiger partial charge in [0.2, 0.25) is 0 Å². The van der Waals surface area contributed by atoms with Crippen LogP contribution in [0.1, 0.15) is 200 Å². The molecule has 1 heterocycles. The molecule has 1 rings (SSSR count). The van der Waals surface area contributed by atoms with Gasteiger partial charge in [0.25, 0.3) is 0 Å². The number of unbranched alkanes of at least 4 members (excludes halogenated alkanes) is 19. The molecule has 0 aliphatic carbocycles. The standard InChI is InChI=1S/C33H64N2/c1-5-8-10-12-14-16-17-18-19-20-21-23-25-27-31(4)35-30-29-34-33(35)32(7-3)28-26-24-22-15-13-11-9-6-2/h29-32H,5-28H2,1-4H3. The van der Waals surface area contributed by atoms with E-state index in [9.17, 15) is 0 Å². The van der Waals surface area contributed by atoms with Crippen LogP contribution in [0.5, 0.6) is 0 Å². The molecule has 0 saturated heterocycles. The summed E-state index contributed by atoms with van der Waals surface area (Å²) in [5.74, 6) is 2.00. The topological polar surface area (TPSA) is 17.8 Å². The van der Waals surface area contributed by atoms with Gasteiger partial charge >= 0.3 is 0 Å². The van der Waals surface area contributed by atoms with Gasteiger partial charge in [-0.25, -0.2) is 4.98 Å². The summed E-state index contributed by atoms with van der Waals surface area (Å²) < 4.78 is 2.51. The molecule has 206 valence electrons. The minimum atomic E-state index is 0.591. The van der Waals surface area contributed by atoms with E-state index in [4.69, 9.17) is 4.98 Å². The second kappa shape index (κ2) is 23.6. The van der Waals surface area contributed by atoms with Gasteiger partial charge in [-0.3, -0.25) is 0 Å². The molecular weight excluding hydrogens is 424 g/mol. The van der Waals surface area contributed by atoms with E-state index in [1.165, 1.54) is 160 Å². The summed E-state index contributed by atoms with van der Waals surface area (Å²) in [4.78, 5) is 4.83. The van der Waals surface area contributed by atoms with Crippen LogP contribution in [0.25, 0.3) is 0 Å². The van der Waals surface area contributed by atoms with Gasteiger partial charge in [-0.15, -0.1) is 0 Å². The van der Waals surface area contributed by atoms with Crippen LogP contribution >= 0.6 is 0 Å². The molecule has 0 aliphatic rings. The third-order valence-electron chi connectivity index (χ3n) is 8.16. The predicted molar refractivity (Wildman–Crippen MR) is 158 cm³/mol. The Hall–Kier alpha value is -0.790. The molecule has 0 N–H and O–H groups in total. The van der Waals surface area contributed by atoms with Crippen molar-refractivity contribution < 1.29 is 0 Å². The van der Waals surface area contributed by atoms with Crippen LogP contribution in [0, 0.1) is 0 Å². The Morgan fingerprint density at radius 3 is 1.40 bits per heavy atom. The highest BCUT2D eigenvalue weighted by atomic mass is 15.1. The van der Waals surface area contributed by atoms with E-state index < -0.39 is 0 Å². The van der Waals surface area contributed by atoms with Crippen molar-refractivity contribution in [2.45, 2.75) is 194 Å². The second-order valence-electron chi connectivity index (χ2n) is 11.4. The van der Waals surface area contributed by atoms with Crippen LogP contribution in [0.4, 0.5) is 0 Å². The van der Waals surface area contributed by atoms with Crippen molar-refractivity contribution in [2.24, 2.45) is 0 Å². The van der Waals surface area contributed by atoms with Gasteiger partial charge in [-0.05, 0) is 26.2 Å². The molecule has 0 radical (unpaired) electrons. The minimum absolute atomic E-state index is 0.591. The largest absolute Gasteiger partial charge is 0.332 e. The third-order valence-corrected chi connectivity index (χ3v) is 8.16. The van der Waals surface area contributed by atoms with E-state index in [0.717, 1.165) is 0 Å². The highest BCUT2D eigenvalue weighted by Gasteiger charge is 2.17. The number of aromatic nitrogens is 2. The molecule has 0 amide bonds. The maximum absolute atomic E-state index is 4.83. The Labute approximate surface area is 221 Å². The number of imidazole rings is 1. The maximum atomic E-state index is 4.83. The number of nitrogens with zero attached hydrogens (tertiary/aromatic N) is 2. The van der Waals surface area contributed by atoms with Gasteiger partial charge in [0.1, 0.15) is 5.82 Å². The first-order valence-electron chi connectivity index (χ1n) is 16.3. The molecule has 2 atom stereocenters. The van der Waals surface area contributed by atoms with E-state index in [1.807, 2.05) is 6.20 Å². The highest BCUT2D eigenvalue weighted by molar-refractivity contribution is 5.02. The second-order valence-corrected chi connectivity index (χ2v) is 11.4. The monoisotopic (exact) mass is 489 g/mol.